The van der Waals surface area contributed by atoms with Gasteiger partial charge in [-0.2, -0.15) is 0 Å². The van der Waals surface area contributed by atoms with E-state index in [9.17, 15) is 9.59 Å². The van der Waals surface area contributed by atoms with Gasteiger partial charge in [-0.25, -0.2) is 0 Å². The van der Waals surface area contributed by atoms with E-state index in [-0.39, 0.29) is 12.3 Å². The van der Waals surface area contributed by atoms with Crippen LogP contribution in [0.1, 0.15) is 31.7 Å². The highest BCUT2D eigenvalue weighted by molar-refractivity contribution is 6.08. The normalized spacial score (nSPS) is 12.6. The minimum atomic E-state index is -0.391. The molecule has 0 spiro atoms. The molecular formula is C20H22N2O4. The van der Waals surface area contributed by atoms with Gasteiger partial charge >= 0.3 is 0 Å². The zero-order valence-electron chi connectivity index (χ0n) is 14.9. The highest BCUT2D eigenvalue weighted by Crippen LogP contribution is 2.32. The highest BCUT2D eigenvalue weighted by Gasteiger charge is 2.14. The second-order valence-electron chi connectivity index (χ2n) is 6.41. The number of ether oxygens (including phenoxy) is 2. The average Bonchev–Trinajstić information content (AvgIpc) is 2.61. The van der Waals surface area contributed by atoms with E-state index in [1.165, 1.54) is 5.56 Å². The van der Waals surface area contributed by atoms with Crippen LogP contribution >= 0.6 is 0 Å². The lowest BCUT2D eigenvalue weighted by Gasteiger charge is -2.19. The minimum Gasteiger partial charge on any atom is -0.486 e. The van der Waals surface area contributed by atoms with E-state index in [0.717, 1.165) is 0 Å². The molecule has 0 unspecified atom stereocenters. The third-order valence-electron chi connectivity index (χ3n) is 4.01. The van der Waals surface area contributed by atoms with Gasteiger partial charge in [0.05, 0.1) is 0 Å². The molecule has 0 saturated heterocycles. The van der Waals surface area contributed by atoms with Crippen LogP contribution < -0.4 is 20.1 Å². The molecule has 1 aliphatic rings. The van der Waals surface area contributed by atoms with E-state index < -0.39 is 5.91 Å². The summed E-state index contributed by atoms with van der Waals surface area (Å²) < 4.78 is 10.9. The van der Waals surface area contributed by atoms with Crippen molar-refractivity contribution in [2.75, 3.05) is 23.8 Å². The van der Waals surface area contributed by atoms with Crippen molar-refractivity contribution in [3.63, 3.8) is 0 Å². The van der Waals surface area contributed by atoms with Crippen LogP contribution in [0.3, 0.4) is 0 Å². The van der Waals surface area contributed by atoms with Crippen molar-refractivity contribution in [2.24, 2.45) is 0 Å². The maximum Gasteiger partial charge on any atom is 0.233 e. The van der Waals surface area contributed by atoms with Gasteiger partial charge in [-0.15, -0.1) is 0 Å². The molecule has 2 N–H and O–H groups in total. The molecule has 0 saturated carbocycles. The maximum atomic E-state index is 12.1. The molecule has 26 heavy (non-hydrogen) atoms. The van der Waals surface area contributed by atoms with Gasteiger partial charge in [0.15, 0.2) is 11.5 Å². The molecule has 0 atom stereocenters. The van der Waals surface area contributed by atoms with E-state index in [2.05, 4.69) is 24.5 Å². The zero-order valence-corrected chi connectivity index (χ0v) is 14.9. The fourth-order valence-corrected chi connectivity index (χ4v) is 2.63. The number of anilines is 2. The monoisotopic (exact) mass is 354 g/mol. The molecule has 0 fully saturated rings. The SMILES string of the molecule is CC(C)c1ccc(NC(=O)CC(=O)Nc2ccc3c(c2)OCCO3)cc1. The van der Waals surface area contributed by atoms with E-state index in [1.807, 2.05) is 24.3 Å². The van der Waals surface area contributed by atoms with Crippen LogP contribution in [-0.2, 0) is 9.59 Å². The molecule has 2 aromatic rings. The fourth-order valence-electron chi connectivity index (χ4n) is 2.63. The van der Waals surface area contributed by atoms with Crippen LogP contribution in [0, 0.1) is 0 Å². The molecule has 0 bridgehead atoms. The predicted molar refractivity (Wildman–Crippen MR) is 99.8 cm³/mol. The fraction of sp³-hybridized carbons (Fsp3) is 0.300. The number of benzene rings is 2. The first-order valence-corrected chi connectivity index (χ1v) is 8.60. The molecule has 6 nitrogen and oxygen atoms in total. The van der Waals surface area contributed by atoms with E-state index in [0.29, 0.717) is 42.0 Å². The Kier molecular flexibility index (Phi) is 5.41. The highest BCUT2D eigenvalue weighted by atomic mass is 16.6. The summed E-state index contributed by atoms with van der Waals surface area (Å²) in [5.41, 5.74) is 2.43. The summed E-state index contributed by atoms with van der Waals surface area (Å²) in [7, 11) is 0. The molecule has 1 heterocycles. The summed E-state index contributed by atoms with van der Waals surface area (Å²) >= 11 is 0. The molecule has 136 valence electrons. The zero-order chi connectivity index (χ0) is 18.5. The lowest BCUT2D eigenvalue weighted by atomic mass is 10.0. The largest absolute Gasteiger partial charge is 0.486 e. The molecule has 0 aliphatic carbocycles. The van der Waals surface area contributed by atoms with Crippen LogP contribution in [0.4, 0.5) is 11.4 Å². The smallest absolute Gasteiger partial charge is 0.233 e. The first-order valence-electron chi connectivity index (χ1n) is 8.60. The van der Waals surface area contributed by atoms with Gasteiger partial charge in [0.25, 0.3) is 0 Å². The van der Waals surface area contributed by atoms with E-state index in [1.54, 1.807) is 18.2 Å². The summed E-state index contributed by atoms with van der Waals surface area (Å²) in [6, 6.07) is 12.8. The van der Waals surface area contributed by atoms with Gasteiger partial charge in [-0.1, -0.05) is 26.0 Å². The third kappa shape index (κ3) is 4.53. The third-order valence-corrected chi connectivity index (χ3v) is 4.01. The molecule has 3 rings (SSSR count). The van der Waals surface area contributed by atoms with Crippen molar-refractivity contribution in [3.8, 4) is 11.5 Å². The van der Waals surface area contributed by atoms with Gasteiger partial charge in [-0.3, -0.25) is 9.59 Å². The van der Waals surface area contributed by atoms with Gasteiger partial charge in [0, 0.05) is 17.4 Å². The Hall–Kier alpha value is -3.02. The number of nitrogens with one attached hydrogen (secondary N) is 2. The van der Waals surface area contributed by atoms with Gasteiger partial charge in [0.2, 0.25) is 11.8 Å². The summed E-state index contributed by atoms with van der Waals surface area (Å²) in [6.45, 7) is 5.20. The van der Waals surface area contributed by atoms with Gasteiger partial charge in [0.1, 0.15) is 19.6 Å². The Morgan fingerprint density at radius 2 is 1.46 bits per heavy atom. The Labute approximate surface area is 152 Å². The first kappa shape index (κ1) is 17.8. The van der Waals surface area contributed by atoms with Crippen molar-refractivity contribution >= 4 is 23.2 Å². The van der Waals surface area contributed by atoms with Gasteiger partial charge in [-0.05, 0) is 35.7 Å². The lowest BCUT2D eigenvalue weighted by molar-refractivity contribution is -0.123. The van der Waals surface area contributed by atoms with Gasteiger partial charge < -0.3 is 20.1 Å². The molecule has 2 amide bonds. The number of hydrogen-bond donors (Lipinski definition) is 2. The number of fused-ring (bicyclic) bond motifs is 1. The first-order chi connectivity index (χ1) is 12.5. The van der Waals surface area contributed by atoms with Crippen LogP contribution in [0.2, 0.25) is 0 Å². The molecule has 1 aliphatic heterocycles. The summed E-state index contributed by atoms with van der Waals surface area (Å²) in [5.74, 6) is 0.910. The van der Waals surface area contributed by atoms with Crippen molar-refractivity contribution in [1.82, 2.24) is 0 Å². The Balaban J connectivity index is 1.53. The summed E-state index contributed by atoms with van der Waals surface area (Å²) in [6.07, 6.45) is -0.264. The Bertz CT molecular complexity index is 800. The second-order valence-corrected chi connectivity index (χ2v) is 6.41. The van der Waals surface area contributed by atoms with Crippen LogP contribution in [0.25, 0.3) is 0 Å². The quantitative estimate of drug-likeness (QED) is 0.805. The van der Waals surface area contributed by atoms with Crippen LogP contribution in [0.5, 0.6) is 11.5 Å². The molecular weight excluding hydrogens is 332 g/mol. The van der Waals surface area contributed by atoms with Crippen LogP contribution in [-0.4, -0.2) is 25.0 Å². The summed E-state index contributed by atoms with van der Waals surface area (Å²) in [4.78, 5) is 24.1. The maximum absolute atomic E-state index is 12.1. The predicted octanol–water partition coefficient (Wildman–Crippen LogP) is 3.55. The number of carbonyl (C=O) groups is 2. The summed E-state index contributed by atoms with van der Waals surface area (Å²) in [5, 5.41) is 5.43. The average molecular weight is 354 g/mol. The second kappa shape index (κ2) is 7.91. The van der Waals surface area contributed by atoms with Crippen molar-refractivity contribution in [2.45, 2.75) is 26.2 Å². The minimum absolute atomic E-state index is 0.264. The van der Waals surface area contributed by atoms with Crippen molar-refractivity contribution in [3.05, 3.63) is 48.0 Å². The number of rotatable bonds is 5. The number of amides is 2. The molecule has 0 radical (unpaired) electrons. The lowest BCUT2D eigenvalue weighted by Crippen LogP contribution is -2.21. The Morgan fingerprint density at radius 3 is 2.12 bits per heavy atom. The van der Waals surface area contributed by atoms with Crippen LogP contribution in [0.15, 0.2) is 42.5 Å². The standard InChI is InChI=1S/C20H22N2O4/c1-13(2)14-3-5-15(6-4-14)21-19(23)12-20(24)22-16-7-8-17-18(11-16)26-10-9-25-17/h3-8,11,13H,9-10,12H2,1-2H3,(H,21,23)(H,22,24). The van der Waals surface area contributed by atoms with E-state index in [4.69, 9.17) is 9.47 Å². The number of carbonyl (C=O) groups excluding carboxylic acids is 2. The molecule has 2 aromatic carbocycles. The van der Waals surface area contributed by atoms with Crippen molar-refractivity contribution in [1.29, 1.82) is 0 Å². The Morgan fingerprint density at radius 1 is 0.885 bits per heavy atom. The van der Waals surface area contributed by atoms with Crippen molar-refractivity contribution < 1.29 is 19.1 Å². The number of hydrogen-bond acceptors (Lipinski definition) is 4. The topological polar surface area (TPSA) is 76.7 Å². The van der Waals surface area contributed by atoms with E-state index >= 15 is 0 Å². The molecule has 0 aromatic heterocycles. The molecule has 6 heteroatoms.